The molecule has 2 unspecified atom stereocenters. The second-order valence-electron chi connectivity index (χ2n) is 7.66. The van der Waals surface area contributed by atoms with Gasteiger partial charge in [0.1, 0.15) is 11.6 Å². The van der Waals surface area contributed by atoms with Crippen molar-refractivity contribution in [3.05, 3.63) is 89.9 Å². The lowest BCUT2D eigenvalue weighted by atomic mass is 9.98. The molecule has 2 atom stereocenters. The predicted octanol–water partition coefficient (Wildman–Crippen LogP) is 5.96. The first-order valence-electron chi connectivity index (χ1n) is 10.3. The van der Waals surface area contributed by atoms with Crippen molar-refractivity contribution in [2.75, 3.05) is 0 Å². The van der Waals surface area contributed by atoms with Crippen molar-refractivity contribution in [2.24, 2.45) is 0 Å². The quantitative estimate of drug-likeness (QED) is 0.531. The van der Waals surface area contributed by atoms with Crippen LogP contribution in [-0.2, 0) is 0 Å². The average molecular weight is 405 g/mol. The third kappa shape index (κ3) is 4.20. The normalized spacial score (nSPS) is 16.7. The van der Waals surface area contributed by atoms with Crippen LogP contribution < -0.4 is 10.6 Å². The van der Waals surface area contributed by atoms with Crippen LogP contribution in [0.5, 0.6) is 0 Å². The largest absolute Gasteiger partial charge is 0.386 e. The lowest BCUT2D eigenvalue weighted by Crippen LogP contribution is -2.20. The molecule has 3 nitrogen and oxygen atoms in total. The first-order chi connectivity index (χ1) is 14.5. The molecule has 0 bridgehead atoms. The van der Waals surface area contributed by atoms with Gasteiger partial charge in [0, 0.05) is 47.2 Å². The number of nitrogens with one attached hydrogen (secondary N) is 2. The smallest absolute Gasteiger partial charge is 0.131 e. The van der Waals surface area contributed by atoms with E-state index in [2.05, 4.69) is 22.5 Å². The Bertz CT molecular complexity index is 1060. The summed E-state index contributed by atoms with van der Waals surface area (Å²) in [4.78, 5) is 4.37. The Morgan fingerprint density at radius 2 is 1.87 bits per heavy atom. The fourth-order valence-electron chi connectivity index (χ4n) is 3.80. The monoisotopic (exact) mass is 405 g/mol. The van der Waals surface area contributed by atoms with Gasteiger partial charge in [0.2, 0.25) is 0 Å². The van der Waals surface area contributed by atoms with Crippen molar-refractivity contribution in [3.63, 3.8) is 0 Å². The van der Waals surface area contributed by atoms with Gasteiger partial charge in [0.15, 0.2) is 0 Å². The van der Waals surface area contributed by atoms with E-state index in [0.717, 1.165) is 29.8 Å². The van der Waals surface area contributed by atoms with Crippen LogP contribution in [0.4, 0.5) is 8.78 Å². The zero-order chi connectivity index (χ0) is 21.1. The highest BCUT2D eigenvalue weighted by atomic mass is 19.1. The van der Waals surface area contributed by atoms with Crippen LogP contribution in [0, 0.1) is 11.6 Å². The summed E-state index contributed by atoms with van der Waals surface area (Å²) in [5.74, 6) is -0.877. The Morgan fingerprint density at radius 3 is 2.60 bits per heavy atom. The van der Waals surface area contributed by atoms with Gasteiger partial charge in [-0.05, 0) is 43.2 Å². The number of hydrogen-bond donors (Lipinski definition) is 2. The van der Waals surface area contributed by atoms with Crippen LogP contribution in [0.3, 0.4) is 0 Å². The molecular formula is C25H25F2N3. The number of benzene rings is 2. The Hall–Kier alpha value is -3.21. The van der Waals surface area contributed by atoms with Gasteiger partial charge in [-0.3, -0.25) is 4.98 Å². The molecule has 0 amide bonds. The van der Waals surface area contributed by atoms with Crippen LogP contribution in [0.1, 0.15) is 38.3 Å². The van der Waals surface area contributed by atoms with E-state index in [1.807, 2.05) is 43.5 Å². The average Bonchev–Trinajstić information content (AvgIpc) is 3.23. The standard InChI is InChI=1S/C25H25F2N3/c1-3-19-12-20(15-29-19)30-16(2)21-13-24(27)22(14-23(21)26)18-9-10-28-25(11-18)17-7-5-4-6-8-17/h4-11,13-16,19,29-30H,3,12H2,1-2H3. The molecule has 4 rings (SSSR count). The molecule has 154 valence electrons. The van der Waals surface area contributed by atoms with Crippen molar-refractivity contribution in [1.82, 2.24) is 15.6 Å². The highest BCUT2D eigenvalue weighted by Crippen LogP contribution is 2.31. The van der Waals surface area contributed by atoms with Gasteiger partial charge >= 0.3 is 0 Å². The lowest BCUT2D eigenvalue weighted by Gasteiger charge is -2.18. The summed E-state index contributed by atoms with van der Waals surface area (Å²) in [7, 11) is 0. The number of nitrogens with zero attached hydrogens (tertiary/aromatic N) is 1. The van der Waals surface area contributed by atoms with Crippen LogP contribution in [0.2, 0.25) is 0 Å². The van der Waals surface area contributed by atoms with Crippen LogP contribution in [0.15, 0.2) is 72.7 Å². The van der Waals surface area contributed by atoms with Crippen molar-refractivity contribution >= 4 is 0 Å². The van der Waals surface area contributed by atoms with E-state index in [-0.39, 0.29) is 11.6 Å². The molecule has 2 heterocycles. The predicted molar refractivity (Wildman–Crippen MR) is 116 cm³/mol. The van der Waals surface area contributed by atoms with Gasteiger partial charge in [-0.2, -0.15) is 0 Å². The van der Waals surface area contributed by atoms with E-state index in [9.17, 15) is 8.78 Å². The minimum Gasteiger partial charge on any atom is -0.386 e. The molecule has 0 fully saturated rings. The van der Waals surface area contributed by atoms with E-state index < -0.39 is 11.6 Å². The summed E-state index contributed by atoms with van der Waals surface area (Å²) < 4.78 is 29.9. The van der Waals surface area contributed by atoms with Gasteiger partial charge in [-0.1, -0.05) is 37.3 Å². The van der Waals surface area contributed by atoms with E-state index in [1.165, 1.54) is 12.1 Å². The Labute approximate surface area is 175 Å². The summed E-state index contributed by atoms with van der Waals surface area (Å²) in [6.45, 7) is 3.96. The molecule has 2 N–H and O–H groups in total. The first kappa shape index (κ1) is 20.1. The minimum atomic E-state index is -0.449. The number of pyridine rings is 1. The fourth-order valence-corrected chi connectivity index (χ4v) is 3.80. The molecule has 0 radical (unpaired) electrons. The molecule has 2 aromatic carbocycles. The second kappa shape index (κ2) is 8.66. The maximum Gasteiger partial charge on any atom is 0.131 e. The molecule has 0 aliphatic carbocycles. The summed E-state index contributed by atoms with van der Waals surface area (Å²) in [5.41, 5.74) is 3.81. The van der Waals surface area contributed by atoms with Crippen LogP contribution in [-0.4, -0.2) is 11.0 Å². The van der Waals surface area contributed by atoms with Gasteiger partial charge in [0.25, 0.3) is 0 Å². The third-order valence-electron chi connectivity index (χ3n) is 5.55. The van der Waals surface area contributed by atoms with Gasteiger partial charge < -0.3 is 10.6 Å². The summed E-state index contributed by atoms with van der Waals surface area (Å²) in [6.07, 6.45) is 5.43. The molecule has 0 saturated heterocycles. The number of aromatic nitrogens is 1. The molecule has 0 saturated carbocycles. The number of halogens is 2. The van der Waals surface area contributed by atoms with Crippen molar-refractivity contribution in [1.29, 1.82) is 0 Å². The topological polar surface area (TPSA) is 37.0 Å². The van der Waals surface area contributed by atoms with E-state index in [1.54, 1.807) is 18.3 Å². The number of rotatable bonds is 6. The van der Waals surface area contributed by atoms with E-state index >= 15 is 0 Å². The van der Waals surface area contributed by atoms with Crippen LogP contribution >= 0.6 is 0 Å². The van der Waals surface area contributed by atoms with Crippen LogP contribution in [0.25, 0.3) is 22.4 Å². The molecule has 0 spiro atoms. The lowest BCUT2D eigenvalue weighted by molar-refractivity contribution is 0.535. The molecule has 3 aromatic rings. The summed E-state index contributed by atoms with van der Waals surface area (Å²) in [6, 6.07) is 15.8. The Morgan fingerprint density at radius 1 is 1.07 bits per heavy atom. The second-order valence-corrected chi connectivity index (χ2v) is 7.66. The van der Waals surface area contributed by atoms with E-state index in [4.69, 9.17) is 0 Å². The SMILES string of the molecule is CCC1CC(NC(C)c2cc(F)c(-c3ccnc(-c4ccccc4)c3)cc2F)=CN1. The minimum absolute atomic E-state index is 0.232. The van der Waals surface area contributed by atoms with E-state index in [0.29, 0.717) is 17.2 Å². The molecule has 30 heavy (non-hydrogen) atoms. The maximum absolute atomic E-state index is 15.0. The molecule has 1 aromatic heterocycles. The molecular weight excluding hydrogens is 380 g/mol. The molecule has 5 heteroatoms. The maximum atomic E-state index is 15.0. The fraction of sp³-hybridized carbons (Fsp3) is 0.240. The highest BCUT2D eigenvalue weighted by molar-refractivity contribution is 5.71. The third-order valence-corrected chi connectivity index (χ3v) is 5.55. The zero-order valence-electron chi connectivity index (χ0n) is 17.1. The van der Waals surface area contributed by atoms with Gasteiger partial charge in [0.05, 0.1) is 11.7 Å². The Kier molecular flexibility index (Phi) is 5.79. The molecule has 1 aliphatic heterocycles. The zero-order valence-corrected chi connectivity index (χ0v) is 17.1. The van der Waals surface area contributed by atoms with Crippen molar-refractivity contribution < 1.29 is 8.78 Å². The van der Waals surface area contributed by atoms with Gasteiger partial charge in [-0.25, -0.2) is 8.78 Å². The highest BCUT2D eigenvalue weighted by Gasteiger charge is 2.20. The first-order valence-corrected chi connectivity index (χ1v) is 10.3. The number of hydrogen-bond acceptors (Lipinski definition) is 3. The summed E-state index contributed by atoms with van der Waals surface area (Å²) in [5, 5.41) is 6.59. The summed E-state index contributed by atoms with van der Waals surface area (Å²) >= 11 is 0. The van der Waals surface area contributed by atoms with Crippen molar-refractivity contribution in [2.45, 2.75) is 38.8 Å². The van der Waals surface area contributed by atoms with Crippen molar-refractivity contribution in [3.8, 4) is 22.4 Å². The Balaban J connectivity index is 1.59. The van der Waals surface area contributed by atoms with Gasteiger partial charge in [-0.15, -0.1) is 0 Å². The molecule has 1 aliphatic rings.